The van der Waals surface area contributed by atoms with E-state index in [1.165, 1.54) is 23.5 Å². The standard InChI is InChI=1S/C23H33N3O2/c1-9-26(21-24-14-16(15-25-21)20(27)28-10-2)19-12-17(22(3,4)5)11-18(13-19)23(6,7)8/h11-15H,9-10H2,1-8H3. The zero-order chi connectivity index (χ0) is 21.1. The average Bonchev–Trinajstić information content (AvgIpc) is 2.61. The van der Waals surface area contributed by atoms with Crippen LogP contribution in [0.5, 0.6) is 0 Å². The Bertz CT molecular complexity index is 783. The van der Waals surface area contributed by atoms with Gasteiger partial charge in [0, 0.05) is 24.6 Å². The Kier molecular flexibility index (Phi) is 6.48. The summed E-state index contributed by atoms with van der Waals surface area (Å²) in [4.78, 5) is 22.8. The molecule has 0 aliphatic heterocycles. The van der Waals surface area contributed by atoms with Crippen molar-refractivity contribution in [3.05, 3.63) is 47.3 Å². The van der Waals surface area contributed by atoms with Crippen LogP contribution in [0, 0.1) is 0 Å². The highest BCUT2D eigenvalue weighted by Gasteiger charge is 2.23. The van der Waals surface area contributed by atoms with Crippen molar-refractivity contribution in [1.29, 1.82) is 0 Å². The van der Waals surface area contributed by atoms with Crippen molar-refractivity contribution >= 4 is 17.6 Å². The molecule has 2 aromatic rings. The largest absolute Gasteiger partial charge is 0.462 e. The molecule has 152 valence electrons. The van der Waals surface area contributed by atoms with Crippen LogP contribution >= 0.6 is 0 Å². The van der Waals surface area contributed by atoms with Gasteiger partial charge in [-0.2, -0.15) is 0 Å². The molecule has 0 unspecified atom stereocenters. The summed E-state index contributed by atoms with van der Waals surface area (Å²) in [6.07, 6.45) is 3.06. The van der Waals surface area contributed by atoms with Gasteiger partial charge >= 0.3 is 5.97 Å². The minimum absolute atomic E-state index is 0.0318. The summed E-state index contributed by atoms with van der Waals surface area (Å²) in [6, 6.07) is 6.71. The normalized spacial score (nSPS) is 12.0. The van der Waals surface area contributed by atoms with E-state index in [0.717, 1.165) is 12.2 Å². The lowest BCUT2D eigenvalue weighted by Crippen LogP contribution is -2.22. The minimum Gasteiger partial charge on any atom is -0.462 e. The van der Waals surface area contributed by atoms with Gasteiger partial charge in [0.25, 0.3) is 0 Å². The van der Waals surface area contributed by atoms with E-state index in [9.17, 15) is 4.79 Å². The van der Waals surface area contributed by atoms with Gasteiger partial charge in [-0.25, -0.2) is 14.8 Å². The highest BCUT2D eigenvalue weighted by atomic mass is 16.5. The molecule has 0 aliphatic rings. The number of rotatable bonds is 5. The Hall–Kier alpha value is -2.43. The molecular formula is C23H33N3O2. The van der Waals surface area contributed by atoms with E-state index < -0.39 is 5.97 Å². The average molecular weight is 384 g/mol. The van der Waals surface area contributed by atoms with E-state index in [1.807, 2.05) is 0 Å². The second-order valence-corrected chi connectivity index (χ2v) is 9.01. The van der Waals surface area contributed by atoms with Crippen molar-refractivity contribution in [2.45, 2.75) is 66.2 Å². The number of nitrogens with zero attached hydrogens (tertiary/aromatic N) is 3. The fourth-order valence-corrected chi connectivity index (χ4v) is 2.85. The number of aromatic nitrogens is 2. The first-order chi connectivity index (χ1) is 13.0. The molecule has 5 nitrogen and oxygen atoms in total. The van der Waals surface area contributed by atoms with Gasteiger partial charge in [0.15, 0.2) is 0 Å². The van der Waals surface area contributed by atoms with E-state index in [2.05, 4.69) is 81.5 Å². The summed E-state index contributed by atoms with van der Waals surface area (Å²) in [7, 11) is 0. The van der Waals surface area contributed by atoms with Crippen LogP contribution in [-0.4, -0.2) is 29.1 Å². The molecule has 0 saturated heterocycles. The third-order valence-electron chi connectivity index (χ3n) is 4.67. The van der Waals surface area contributed by atoms with E-state index in [4.69, 9.17) is 4.74 Å². The highest BCUT2D eigenvalue weighted by molar-refractivity contribution is 5.88. The van der Waals surface area contributed by atoms with Crippen LogP contribution in [0.25, 0.3) is 0 Å². The monoisotopic (exact) mass is 383 g/mol. The molecule has 0 spiro atoms. The van der Waals surface area contributed by atoms with Gasteiger partial charge < -0.3 is 9.64 Å². The number of hydrogen-bond acceptors (Lipinski definition) is 5. The van der Waals surface area contributed by atoms with Crippen molar-refractivity contribution in [3.8, 4) is 0 Å². The third kappa shape index (κ3) is 5.09. The zero-order valence-corrected chi connectivity index (χ0v) is 18.5. The van der Waals surface area contributed by atoms with Crippen LogP contribution in [0.15, 0.2) is 30.6 Å². The summed E-state index contributed by atoms with van der Waals surface area (Å²) in [5.74, 6) is 0.170. The molecule has 0 atom stereocenters. The second-order valence-electron chi connectivity index (χ2n) is 9.01. The lowest BCUT2D eigenvalue weighted by Gasteiger charge is -2.29. The summed E-state index contributed by atoms with van der Waals surface area (Å²) >= 11 is 0. The van der Waals surface area contributed by atoms with Crippen LogP contribution in [0.3, 0.4) is 0 Å². The number of carbonyl (C=O) groups is 1. The molecule has 1 heterocycles. The Labute approximate surface area is 169 Å². The van der Waals surface area contributed by atoms with Gasteiger partial charge in [-0.1, -0.05) is 47.6 Å². The third-order valence-corrected chi connectivity index (χ3v) is 4.67. The maximum absolute atomic E-state index is 11.9. The number of hydrogen-bond donors (Lipinski definition) is 0. The maximum Gasteiger partial charge on any atom is 0.341 e. The second kappa shape index (κ2) is 8.29. The molecule has 0 N–H and O–H groups in total. The van der Waals surface area contributed by atoms with E-state index in [1.54, 1.807) is 6.92 Å². The van der Waals surface area contributed by atoms with Gasteiger partial charge in [0.1, 0.15) is 0 Å². The van der Waals surface area contributed by atoms with Crippen LogP contribution in [-0.2, 0) is 15.6 Å². The van der Waals surface area contributed by atoms with Crippen molar-refractivity contribution in [2.24, 2.45) is 0 Å². The molecule has 5 heteroatoms. The van der Waals surface area contributed by atoms with Crippen LogP contribution in [0.4, 0.5) is 11.6 Å². The minimum atomic E-state index is -0.401. The van der Waals surface area contributed by atoms with Gasteiger partial charge in [-0.15, -0.1) is 0 Å². The Morgan fingerprint density at radius 2 is 1.43 bits per heavy atom. The fraction of sp³-hybridized carbons (Fsp3) is 0.522. The first-order valence-electron chi connectivity index (χ1n) is 9.90. The Balaban J connectivity index is 2.49. The molecule has 0 radical (unpaired) electrons. The number of benzene rings is 1. The number of ether oxygens (including phenoxy) is 1. The first kappa shape index (κ1) is 21.9. The smallest absolute Gasteiger partial charge is 0.341 e. The van der Waals surface area contributed by atoms with Crippen LogP contribution in [0.2, 0.25) is 0 Å². The predicted molar refractivity (Wildman–Crippen MR) is 115 cm³/mol. The maximum atomic E-state index is 11.9. The number of carbonyl (C=O) groups excluding carboxylic acids is 1. The van der Waals surface area contributed by atoms with Gasteiger partial charge in [-0.3, -0.25) is 0 Å². The van der Waals surface area contributed by atoms with E-state index >= 15 is 0 Å². The fourth-order valence-electron chi connectivity index (χ4n) is 2.85. The molecular weight excluding hydrogens is 350 g/mol. The van der Waals surface area contributed by atoms with Gasteiger partial charge in [0.2, 0.25) is 5.95 Å². The Morgan fingerprint density at radius 3 is 1.82 bits per heavy atom. The van der Waals surface area contributed by atoms with Crippen LogP contribution in [0.1, 0.15) is 76.9 Å². The van der Waals surface area contributed by atoms with Crippen molar-refractivity contribution in [2.75, 3.05) is 18.1 Å². The Morgan fingerprint density at radius 1 is 0.929 bits per heavy atom. The lowest BCUT2D eigenvalue weighted by atomic mass is 9.80. The predicted octanol–water partition coefficient (Wildman–Crippen LogP) is 5.41. The van der Waals surface area contributed by atoms with Gasteiger partial charge in [0.05, 0.1) is 12.2 Å². The van der Waals surface area contributed by atoms with Crippen molar-refractivity contribution in [1.82, 2.24) is 9.97 Å². The van der Waals surface area contributed by atoms with Crippen molar-refractivity contribution < 1.29 is 9.53 Å². The molecule has 0 saturated carbocycles. The lowest BCUT2D eigenvalue weighted by molar-refractivity contribution is 0.0525. The molecule has 0 fully saturated rings. The number of esters is 1. The molecule has 28 heavy (non-hydrogen) atoms. The van der Waals surface area contributed by atoms with E-state index in [0.29, 0.717) is 18.1 Å². The summed E-state index contributed by atoms with van der Waals surface area (Å²) in [5, 5.41) is 0. The quantitative estimate of drug-likeness (QED) is 0.647. The molecule has 1 aromatic heterocycles. The molecule has 1 aromatic carbocycles. The SMILES string of the molecule is CCOC(=O)c1cnc(N(CC)c2cc(C(C)(C)C)cc(C(C)(C)C)c2)nc1. The summed E-state index contributed by atoms with van der Waals surface area (Å²) in [6.45, 7) is 18.2. The molecule has 0 bridgehead atoms. The molecule has 0 amide bonds. The van der Waals surface area contributed by atoms with E-state index in [-0.39, 0.29) is 10.8 Å². The number of anilines is 2. The first-order valence-corrected chi connectivity index (χ1v) is 9.90. The zero-order valence-electron chi connectivity index (χ0n) is 18.5. The van der Waals surface area contributed by atoms with Gasteiger partial charge in [-0.05, 0) is 47.9 Å². The topological polar surface area (TPSA) is 55.3 Å². The molecule has 2 rings (SSSR count). The summed E-state index contributed by atoms with van der Waals surface area (Å²) in [5.41, 5.74) is 4.03. The summed E-state index contributed by atoms with van der Waals surface area (Å²) < 4.78 is 5.01. The molecule has 0 aliphatic carbocycles. The highest BCUT2D eigenvalue weighted by Crippen LogP contribution is 2.34. The van der Waals surface area contributed by atoms with Crippen molar-refractivity contribution in [3.63, 3.8) is 0 Å². The van der Waals surface area contributed by atoms with Crippen LogP contribution < -0.4 is 4.90 Å².